The molecule has 148 valence electrons. The number of nitrogens with zero attached hydrogens (tertiary/aromatic N) is 1. The number of Topliss-reactive ketones (excluding diaryl/α,β-unsaturated/α-hetero) is 1. The third-order valence-corrected chi connectivity index (χ3v) is 5.95. The molecule has 1 saturated heterocycles. The maximum Gasteiger partial charge on any atom is 0.230 e. The van der Waals surface area contributed by atoms with Crippen LogP contribution in [0.5, 0.6) is 0 Å². The van der Waals surface area contributed by atoms with E-state index in [1.807, 2.05) is 6.07 Å². The van der Waals surface area contributed by atoms with E-state index in [2.05, 4.69) is 34.5 Å². The number of nitrogens with one attached hydrogen (secondary N) is 1. The zero-order valence-electron chi connectivity index (χ0n) is 16.0. The maximum atomic E-state index is 14.0. The predicted molar refractivity (Wildman–Crippen MR) is 110 cm³/mol. The Bertz CT molecular complexity index is 821. The number of thioether (sulfide) groups is 1. The molecule has 3 rings (SSSR count). The number of halogens is 1. The zero-order valence-corrected chi connectivity index (χ0v) is 16.8. The van der Waals surface area contributed by atoms with Crippen LogP contribution in [0.3, 0.4) is 0 Å². The van der Waals surface area contributed by atoms with Gasteiger partial charge in [-0.05, 0) is 37.5 Å². The lowest BCUT2D eigenvalue weighted by Gasteiger charge is -2.32. The van der Waals surface area contributed by atoms with Crippen LogP contribution in [-0.4, -0.2) is 41.5 Å². The maximum absolute atomic E-state index is 14.0. The first kappa shape index (κ1) is 20.6. The quantitative estimate of drug-likeness (QED) is 0.566. The second-order valence-electron chi connectivity index (χ2n) is 7.09. The van der Waals surface area contributed by atoms with Gasteiger partial charge in [-0.25, -0.2) is 4.39 Å². The molecule has 0 aliphatic carbocycles. The van der Waals surface area contributed by atoms with Crippen molar-refractivity contribution in [1.29, 1.82) is 0 Å². The van der Waals surface area contributed by atoms with E-state index in [1.54, 1.807) is 12.1 Å². The molecule has 0 aromatic heterocycles. The summed E-state index contributed by atoms with van der Waals surface area (Å²) in [5, 5.41) is 3.06. The number of carbonyl (C=O) groups is 2. The van der Waals surface area contributed by atoms with Gasteiger partial charge >= 0.3 is 0 Å². The van der Waals surface area contributed by atoms with Gasteiger partial charge in [0.05, 0.1) is 5.75 Å². The van der Waals surface area contributed by atoms with Gasteiger partial charge in [-0.3, -0.25) is 14.5 Å². The largest absolute Gasteiger partial charge is 0.353 e. The van der Waals surface area contributed by atoms with Crippen molar-refractivity contribution in [2.45, 2.75) is 37.2 Å². The molecule has 1 heterocycles. The lowest BCUT2D eigenvalue weighted by molar-refractivity contribution is -0.119. The van der Waals surface area contributed by atoms with Crippen LogP contribution in [0.2, 0.25) is 0 Å². The second kappa shape index (κ2) is 9.85. The first-order valence-corrected chi connectivity index (χ1v) is 10.5. The van der Waals surface area contributed by atoms with Crippen molar-refractivity contribution in [3.8, 4) is 0 Å². The van der Waals surface area contributed by atoms with Crippen LogP contribution in [0.15, 0.2) is 53.4 Å². The lowest BCUT2D eigenvalue weighted by Crippen LogP contribution is -2.44. The molecule has 1 N–H and O–H groups in total. The van der Waals surface area contributed by atoms with E-state index >= 15 is 0 Å². The zero-order chi connectivity index (χ0) is 19.9. The standard InChI is InChI=1S/C22H25FN2O2S/c1-16(26)18-7-8-21(20(23)13-18)28-15-22(27)24-19-9-11-25(12-10-19)14-17-5-3-2-4-6-17/h2-8,13,19H,9-12,14-15H2,1H3,(H,24,27). The van der Waals surface area contributed by atoms with Gasteiger partial charge in [0, 0.05) is 36.1 Å². The molecule has 28 heavy (non-hydrogen) atoms. The van der Waals surface area contributed by atoms with Crippen LogP contribution in [0.4, 0.5) is 4.39 Å². The van der Waals surface area contributed by atoms with Gasteiger partial charge in [0.25, 0.3) is 0 Å². The van der Waals surface area contributed by atoms with Crippen LogP contribution < -0.4 is 5.32 Å². The minimum absolute atomic E-state index is 0.0819. The molecule has 1 aliphatic heterocycles. The van der Waals surface area contributed by atoms with Crippen LogP contribution in [0, 0.1) is 5.82 Å². The average Bonchev–Trinajstić information content (AvgIpc) is 2.69. The van der Waals surface area contributed by atoms with Crippen LogP contribution in [0.1, 0.15) is 35.7 Å². The number of ketones is 1. The fourth-order valence-corrected chi connectivity index (χ4v) is 4.06. The number of amides is 1. The highest BCUT2D eigenvalue weighted by atomic mass is 32.2. The molecular formula is C22H25FN2O2S. The Morgan fingerprint density at radius 1 is 1.14 bits per heavy atom. The monoisotopic (exact) mass is 400 g/mol. The van der Waals surface area contributed by atoms with Gasteiger partial charge in [-0.15, -0.1) is 11.8 Å². The summed E-state index contributed by atoms with van der Waals surface area (Å²) in [6.45, 7) is 4.25. The highest BCUT2D eigenvalue weighted by Gasteiger charge is 2.21. The number of benzene rings is 2. The SMILES string of the molecule is CC(=O)c1ccc(SCC(=O)NC2CCN(Cc3ccccc3)CC2)c(F)c1. The van der Waals surface area contributed by atoms with Crippen LogP contribution >= 0.6 is 11.8 Å². The van der Waals surface area contributed by atoms with Gasteiger partial charge < -0.3 is 5.32 Å². The average molecular weight is 401 g/mol. The van der Waals surface area contributed by atoms with Crippen molar-refractivity contribution in [3.05, 3.63) is 65.5 Å². The number of hydrogen-bond acceptors (Lipinski definition) is 4. The molecule has 1 fully saturated rings. The summed E-state index contributed by atoms with van der Waals surface area (Å²) in [5.74, 6) is -0.548. The second-order valence-corrected chi connectivity index (χ2v) is 8.11. The molecule has 0 bridgehead atoms. The molecule has 1 amide bonds. The van der Waals surface area contributed by atoms with E-state index < -0.39 is 5.82 Å². The van der Waals surface area contributed by atoms with Crippen molar-refractivity contribution in [2.24, 2.45) is 0 Å². The summed E-state index contributed by atoms with van der Waals surface area (Å²) in [6.07, 6.45) is 1.84. The topological polar surface area (TPSA) is 49.4 Å². The molecule has 0 atom stereocenters. The number of piperidine rings is 1. The van der Waals surface area contributed by atoms with Crippen molar-refractivity contribution >= 4 is 23.5 Å². The molecular weight excluding hydrogens is 375 g/mol. The predicted octanol–water partition coefficient (Wildman–Crippen LogP) is 3.90. The molecule has 2 aromatic rings. The Kier molecular flexibility index (Phi) is 7.23. The molecule has 0 unspecified atom stereocenters. The molecule has 4 nitrogen and oxygen atoms in total. The minimum atomic E-state index is -0.459. The fraction of sp³-hybridized carbons (Fsp3) is 0.364. The van der Waals surface area contributed by atoms with E-state index in [-0.39, 0.29) is 23.5 Å². The fourth-order valence-electron chi connectivity index (χ4n) is 3.33. The third-order valence-electron chi connectivity index (χ3n) is 4.90. The van der Waals surface area contributed by atoms with Crippen LogP contribution in [-0.2, 0) is 11.3 Å². The molecule has 6 heteroatoms. The molecule has 0 radical (unpaired) electrons. The summed E-state index contributed by atoms with van der Waals surface area (Å²) < 4.78 is 14.0. The lowest BCUT2D eigenvalue weighted by atomic mass is 10.0. The van der Waals surface area contributed by atoms with E-state index in [0.717, 1.165) is 44.2 Å². The van der Waals surface area contributed by atoms with Crippen LogP contribution in [0.25, 0.3) is 0 Å². The van der Waals surface area contributed by atoms with Gasteiger partial charge in [-0.1, -0.05) is 36.4 Å². The van der Waals surface area contributed by atoms with Crippen molar-refractivity contribution in [3.63, 3.8) is 0 Å². The summed E-state index contributed by atoms with van der Waals surface area (Å²) in [7, 11) is 0. The van der Waals surface area contributed by atoms with Crippen molar-refractivity contribution < 1.29 is 14.0 Å². The Balaban J connectivity index is 1.40. The Morgan fingerprint density at radius 3 is 2.50 bits per heavy atom. The van der Waals surface area contributed by atoms with E-state index in [1.165, 1.54) is 18.6 Å². The molecule has 2 aromatic carbocycles. The summed E-state index contributed by atoms with van der Waals surface area (Å²) in [5.41, 5.74) is 1.65. The number of rotatable bonds is 7. The third kappa shape index (κ3) is 5.91. The number of carbonyl (C=O) groups excluding carboxylic acids is 2. The Hall–Kier alpha value is -2.18. The summed E-state index contributed by atoms with van der Waals surface area (Å²) in [6, 6.07) is 14.9. The molecule has 0 spiro atoms. The van der Waals surface area contributed by atoms with E-state index in [0.29, 0.717) is 10.5 Å². The Morgan fingerprint density at radius 2 is 1.86 bits per heavy atom. The first-order chi connectivity index (χ1) is 13.5. The number of hydrogen-bond donors (Lipinski definition) is 1. The highest BCUT2D eigenvalue weighted by Crippen LogP contribution is 2.23. The van der Waals surface area contributed by atoms with E-state index in [9.17, 15) is 14.0 Å². The van der Waals surface area contributed by atoms with Gasteiger partial charge in [-0.2, -0.15) is 0 Å². The first-order valence-electron chi connectivity index (χ1n) is 9.50. The molecule has 1 aliphatic rings. The van der Waals surface area contributed by atoms with Gasteiger partial charge in [0.2, 0.25) is 5.91 Å². The number of likely N-dealkylation sites (tertiary alicyclic amines) is 1. The summed E-state index contributed by atoms with van der Waals surface area (Å²) >= 11 is 1.16. The molecule has 0 saturated carbocycles. The van der Waals surface area contributed by atoms with Gasteiger partial charge in [0.1, 0.15) is 5.82 Å². The van der Waals surface area contributed by atoms with Crippen molar-refractivity contribution in [1.82, 2.24) is 10.2 Å². The smallest absolute Gasteiger partial charge is 0.230 e. The van der Waals surface area contributed by atoms with Gasteiger partial charge in [0.15, 0.2) is 5.78 Å². The highest BCUT2D eigenvalue weighted by molar-refractivity contribution is 8.00. The summed E-state index contributed by atoms with van der Waals surface area (Å²) in [4.78, 5) is 26.3. The minimum Gasteiger partial charge on any atom is -0.353 e. The van der Waals surface area contributed by atoms with E-state index in [4.69, 9.17) is 0 Å². The Labute approximate surface area is 169 Å². The van der Waals surface area contributed by atoms with Crippen molar-refractivity contribution in [2.75, 3.05) is 18.8 Å². The normalized spacial score (nSPS) is 15.4.